The molecule has 0 unspecified atom stereocenters. The molecule has 0 aliphatic rings. The van der Waals surface area contributed by atoms with Crippen molar-refractivity contribution < 1.29 is 4.74 Å². The topological polar surface area (TPSA) is 53.1 Å². The van der Waals surface area contributed by atoms with E-state index in [1.165, 1.54) is 5.56 Å². The zero-order chi connectivity index (χ0) is 12.8. The quantitative estimate of drug-likeness (QED) is 0.840. The molecule has 2 N–H and O–H groups in total. The molecule has 1 aromatic carbocycles. The molecule has 0 fully saturated rings. The molecular weight excluding hydrogens is 226 g/mol. The lowest BCUT2D eigenvalue weighted by Crippen LogP contribution is -2.09. The van der Waals surface area contributed by atoms with Gasteiger partial charge in [0.15, 0.2) is 0 Å². The number of methoxy groups -OCH3 is 1. The lowest BCUT2D eigenvalue weighted by molar-refractivity contribution is 0.202. The van der Waals surface area contributed by atoms with E-state index in [0.29, 0.717) is 6.54 Å². The van der Waals surface area contributed by atoms with Gasteiger partial charge in [-0.15, -0.1) is 0 Å². The maximum atomic E-state index is 5.62. The van der Waals surface area contributed by atoms with Crippen LogP contribution in [0.25, 0.3) is 5.69 Å². The van der Waals surface area contributed by atoms with E-state index < -0.39 is 0 Å². The smallest absolute Gasteiger partial charge is 0.0994 e. The van der Waals surface area contributed by atoms with Crippen molar-refractivity contribution in [3.05, 3.63) is 48.0 Å². The SMILES string of the molecule is COCCc1ccccc1-n1cncc1CCN. The summed E-state index contributed by atoms with van der Waals surface area (Å²) in [7, 11) is 1.72. The van der Waals surface area contributed by atoms with E-state index >= 15 is 0 Å². The van der Waals surface area contributed by atoms with Crippen LogP contribution in [0.3, 0.4) is 0 Å². The molecule has 0 amide bonds. The Bertz CT molecular complexity index is 493. The maximum Gasteiger partial charge on any atom is 0.0994 e. The van der Waals surface area contributed by atoms with Gasteiger partial charge in [0.05, 0.1) is 18.6 Å². The van der Waals surface area contributed by atoms with E-state index in [0.717, 1.165) is 30.8 Å². The highest BCUT2D eigenvalue weighted by atomic mass is 16.5. The molecule has 0 saturated carbocycles. The molecule has 0 spiro atoms. The molecule has 18 heavy (non-hydrogen) atoms. The standard InChI is InChI=1S/C14H19N3O/c1-18-9-7-12-4-2-3-5-14(12)17-11-16-10-13(17)6-8-15/h2-5,10-11H,6-9,15H2,1H3. The van der Waals surface area contributed by atoms with E-state index in [-0.39, 0.29) is 0 Å². The summed E-state index contributed by atoms with van der Waals surface area (Å²) in [4.78, 5) is 4.21. The molecule has 0 aliphatic heterocycles. The van der Waals surface area contributed by atoms with Gasteiger partial charge in [-0.1, -0.05) is 18.2 Å². The molecule has 1 aromatic heterocycles. The fourth-order valence-electron chi connectivity index (χ4n) is 2.04. The van der Waals surface area contributed by atoms with Crippen molar-refractivity contribution in [1.82, 2.24) is 9.55 Å². The van der Waals surface area contributed by atoms with Crippen LogP contribution in [0.1, 0.15) is 11.3 Å². The van der Waals surface area contributed by atoms with Crippen molar-refractivity contribution in [2.45, 2.75) is 12.8 Å². The number of hydrogen-bond donors (Lipinski definition) is 1. The van der Waals surface area contributed by atoms with E-state index in [1.807, 2.05) is 24.7 Å². The van der Waals surface area contributed by atoms with Crippen molar-refractivity contribution in [3.63, 3.8) is 0 Å². The highest BCUT2D eigenvalue weighted by molar-refractivity contribution is 5.42. The molecule has 1 heterocycles. The number of nitrogens with two attached hydrogens (primary N) is 1. The third kappa shape index (κ3) is 2.78. The first kappa shape index (κ1) is 12.8. The zero-order valence-corrected chi connectivity index (χ0v) is 10.7. The molecule has 0 saturated heterocycles. The Labute approximate surface area is 107 Å². The third-order valence-corrected chi connectivity index (χ3v) is 2.94. The van der Waals surface area contributed by atoms with Gasteiger partial charge in [0, 0.05) is 25.4 Å². The number of rotatable bonds is 6. The second-order valence-electron chi connectivity index (χ2n) is 4.17. The summed E-state index contributed by atoms with van der Waals surface area (Å²) in [6.07, 6.45) is 5.45. The van der Waals surface area contributed by atoms with Crippen molar-refractivity contribution in [2.24, 2.45) is 5.73 Å². The van der Waals surface area contributed by atoms with E-state index in [2.05, 4.69) is 21.7 Å². The van der Waals surface area contributed by atoms with Crippen LogP contribution in [0.15, 0.2) is 36.8 Å². The number of para-hydroxylation sites is 1. The lowest BCUT2D eigenvalue weighted by Gasteiger charge is -2.12. The fourth-order valence-corrected chi connectivity index (χ4v) is 2.04. The molecule has 0 aliphatic carbocycles. The van der Waals surface area contributed by atoms with Gasteiger partial charge in [-0.3, -0.25) is 0 Å². The Morgan fingerprint density at radius 1 is 1.28 bits per heavy atom. The minimum Gasteiger partial charge on any atom is -0.384 e. The Kier molecular flexibility index (Phi) is 4.50. The van der Waals surface area contributed by atoms with Gasteiger partial charge >= 0.3 is 0 Å². The van der Waals surface area contributed by atoms with Crippen LogP contribution in [-0.4, -0.2) is 29.8 Å². The van der Waals surface area contributed by atoms with Gasteiger partial charge in [-0.2, -0.15) is 0 Å². The van der Waals surface area contributed by atoms with Crippen molar-refractivity contribution in [2.75, 3.05) is 20.3 Å². The number of imidazole rings is 1. The summed E-state index contributed by atoms with van der Waals surface area (Å²) >= 11 is 0. The molecule has 0 bridgehead atoms. The highest BCUT2D eigenvalue weighted by Crippen LogP contribution is 2.17. The Morgan fingerprint density at radius 2 is 2.11 bits per heavy atom. The van der Waals surface area contributed by atoms with Crippen molar-refractivity contribution in [1.29, 1.82) is 0 Å². The summed E-state index contributed by atoms with van der Waals surface area (Å²) in [5.41, 5.74) is 9.19. The van der Waals surface area contributed by atoms with Crippen LogP contribution in [0.2, 0.25) is 0 Å². The second-order valence-corrected chi connectivity index (χ2v) is 4.17. The molecule has 4 heteroatoms. The first-order valence-electron chi connectivity index (χ1n) is 6.15. The molecule has 2 aromatic rings. The first-order chi connectivity index (χ1) is 8.86. The van der Waals surface area contributed by atoms with Crippen LogP contribution < -0.4 is 5.73 Å². The number of nitrogens with zero attached hydrogens (tertiary/aromatic N) is 2. The second kappa shape index (κ2) is 6.33. The van der Waals surface area contributed by atoms with Crippen molar-refractivity contribution >= 4 is 0 Å². The minimum atomic E-state index is 0.631. The number of aromatic nitrogens is 2. The van der Waals surface area contributed by atoms with Crippen LogP contribution in [0.4, 0.5) is 0 Å². The average molecular weight is 245 g/mol. The Hall–Kier alpha value is -1.65. The van der Waals surface area contributed by atoms with Gasteiger partial charge in [-0.05, 0) is 24.6 Å². The number of benzene rings is 1. The van der Waals surface area contributed by atoms with E-state index in [1.54, 1.807) is 7.11 Å². The summed E-state index contributed by atoms with van der Waals surface area (Å²) in [5.74, 6) is 0. The Morgan fingerprint density at radius 3 is 2.89 bits per heavy atom. The maximum absolute atomic E-state index is 5.62. The minimum absolute atomic E-state index is 0.631. The van der Waals surface area contributed by atoms with Crippen LogP contribution in [0, 0.1) is 0 Å². The van der Waals surface area contributed by atoms with Gasteiger partial charge < -0.3 is 15.0 Å². The van der Waals surface area contributed by atoms with Gasteiger partial charge in [-0.25, -0.2) is 4.98 Å². The van der Waals surface area contributed by atoms with E-state index in [4.69, 9.17) is 10.5 Å². The number of ether oxygens (including phenoxy) is 1. The first-order valence-corrected chi connectivity index (χ1v) is 6.15. The molecular formula is C14H19N3O. The monoisotopic (exact) mass is 245 g/mol. The van der Waals surface area contributed by atoms with Gasteiger partial charge in [0.25, 0.3) is 0 Å². The van der Waals surface area contributed by atoms with Gasteiger partial charge in [0.2, 0.25) is 0 Å². The van der Waals surface area contributed by atoms with Gasteiger partial charge in [0.1, 0.15) is 0 Å². The molecule has 0 radical (unpaired) electrons. The fraction of sp³-hybridized carbons (Fsp3) is 0.357. The molecule has 96 valence electrons. The lowest BCUT2D eigenvalue weighted by atomic mass is 10.1. The summed E-state index contributed by atoms with van der Waals surface area (Å²) in [6, 6.07) is 8.32. The Balaban J connectivity index is 2.33. The molecule has 0 atom stereocenters. The number of hydrogen-bond acceptors (Lipinski definition) is 3. The summed E-state index contributed by atoms with van der Waals surface area (Å²) < 4.78 is 7.26. The predicted octanol–water partition coefficient (Wildman–Crippen LogP) is 1.56. The largest absolute Gasteiger partial charge is 0.384 e. The third-order valence-electron chi connectivity index (χ3n) is 2.94. The normalized spacial score (nSPS) is 10.8. The zero-order valence-electron chi connectivity index (χ0n) is 10.7. The van der Waals surface area contributed by atoms with E-state index in [9.17, 15) is 0 Å². The van der Waals surface area contributed by atoms with Crippen LogP contribution in [0.5, 0.6) is 0 Å². The highest BCUT2D eigenvalue weighted by Gasteiger charge is 2.07. The van der Waals surface area contributed by atoms with Crippen LogP contribution in [-0.2, 0) is 17.6 Å². The molecule has 4 nitrogen and oxygen atoms in total. The predicted molar refractivity (Wildman–Crippen MR) is 71.9 cm³/mol. The van der Waals surface area contributed by atoms with Crippen molar-refractivity contribution in [3.8, 4) is 5.69 Å². The average Bonchev–Trinajstić information content (AvgIpc) is 2.85. The molecule has 2 rings (SSSR count). The van der Waals surface area contributed by atoms with Crippen LogP contribution >= 0.6 is 0 Å². The summed E-state index contributed by atoms with van der Waals surface area (Å²) in [6.45, 7) is 1.35. The summed E-state index contributed by atoms with van der Waals surface area (Å²) in [5, 5.41) is 0.